The predicted octanol–water partition coefficient (Wildman–Crippen LogP) is 1.08. The molecule has 0 bridgehead atoms. The molecule has 1 atom stereocenters. The molecular weight excluding hydrogens is 346 g/mol. The molecule has 4 rings (SSSR count). The number of fused-ring (bicyclic) bond motifs is 1. The third-order valence-corrected chi connectivity index (χ3v) is 5.23. The number of pyridine rings is 1. The highest BCUT2D eigenvalue weighted by molar-refractivity contribution is 6.01. The van der Waals surface area contributed by atoms with Gasteiger partial charge in [0, 0.05) is 43.0 Å². The van der Waals surface area contributed by atoms with E-state index in [1.54, 1.807) is 6.20 Å². The minimum atomic E-state index is -0.455. The molecule has 1 unspecified atom stereocenters. The number of aromatic nitrogens is 3. The van der Waals surface area contributed by atoms with Crippen LogP contribution in [0.3, 0.4) is 0 Å². The SMILES string of the molecule is O=C1CCCc2[nH]c(=O)c(C(=O)NCC3CCCN3c3cccnn3)cc21. The van der Waals surface area contributed by atoms with Gasteiger partial charge in [-0.25, -0.2) is 0 Å². The molecule has 1 aliphatic carbocycles. The van der Waals surface area contributed by atoms with Gasteiger partial charge in [-0.3, -0.25) is 14.4 Å². The Balaban J connectivity index is 1.48. The highest BCUT2D eigenvalue weighted by Crippen LogP contribution is 2.23. The smallest absolute Gasteiger partial charge is 0.261 e. The second kappa shape index (κ2) is 7.30. The number of hydrogen-bond donors (Lipinski definition) is 2. The largest absolute Gasteiger partial charge is 0.350 e. The topological polar surface area (TPSA) is 108 Å². The van der Waals surface area contributed by atoms with Gasteiger partial charge in [-0.15, -0.1) is 5.10 Å². The number of hydrogen-bond acceptors (Lipinski definition) is 6. The fourth-order valence-electron chi connectivity index (χ4n) is 3.85. The van der Waals surface area contributed by atoms with Crippen molar-refractivity contribution >= 4 is 17.5 Å². The lowest BCUT2D eigenvalue weighted by atomic mass is 9.93. The van der Waals surface area contributed by atoms with E-state index in [0.29, 0.717) is 30.6 Å². The van der Waals surface area contributed by atoms with E-state index in [9.17, 15) is 14.4 Å². The lowest BCUT2D eigenvalue weighted by molar-refractivity contribution is 0.0949. The van der Waals surface area contributed by atoms with E-state index in [-0.39, 0.29) is 17.4 Å². The van der Waals surface area contributed by atoms with Gasteiger partial charge in [-0.05, 0) is 43.9 Å². The molecule has 1 fully saturated rings. The molecule has 1 saturated heterocycles. The number of carbonyl (C=O) groups is 2. The molecule has 0 aromatic carbocycles. The molecule has 0 saturated carbocycles. The Labute approximate surface area is 156 Å². The van der Waals surface area contributed by atoms with Crippen LogP contribution < -0.4 is 15.8 Å². The van der Waals surface area contributed by atoms with Crippen molar-refractivity contribution in [2.75, 3.05) is 18.0 Å². The van der Waals surface area contributed by atoms with Gasteiger partial charge in [-0.2, -0.15) is 5.10 Å². The summed E-state index contributed by atoms with van der Waals surface area (Å²) >= 11 is 0. The van der Waals surface area contributed by atoms with Crippen molar-refractivity contribution in [3.05, 3.63) is 51.6 Å². The van der Waals surface area contributed by atoms with E-state index in [1.165, 1.54) is 6.07 Å². The average Bonchev–Trinajstić information content (AvgIpc) is 3.15. The lowest BCUT2D eigenvalue weighted by Gasteiger charge is -2.25. The third-order valence-electron chi connectivity index (χ3n) is 5.23. The predicted molar refractivity (Wildman–Crippen MR) is 99.1 cm³/mol. The number of nitrogens with zero attached hydrogens (tertiary/aromatic N) is 3. The summed E-state index contributed by atoms with van der Waals surface area (Å²) in [5.41, 5.74) is 0.650. The highest BCUT2D eigenvalue weighted by Gasteiger charge is 2.27. The zero-order valence-corrected chi connectivity index (χ0v) is 14.9. The maximum Gasteiger partial charge on any atom is 0.261 e. The fourth-order valence-corrected chi connectivity index (χ4v) is 3.85. The summed E-state index contributed by atoms with van der Waals surface area (Å²) in [6, 6.07) is 5.27. The van der Waals surface area contributed by atoms with Crippen molar-refractivity contribution in [2.45, 2.75) is 38.1 Å². The van der Waals surface area contributed by atoms with Crippen LogP contribution in [0.25, 0.3) is 0 Å². The molecule has 8 nitrogen and oxygen atoms in total. The van der Waals surface area contributed by atoms with Crippen molar-refractivity contribution in [2.24, 2.45) is 0 Å². The minimum Gasteiger partial charge on any atom is -0.350 e. The first kappa shape index (κ1) is 17.4. The number of nitrogens with one attached hydrogen (secondary N) is 2. The van der Waals surface area contributed by atoms with Crippen LogP contribution in [-0.4, -0.2) is 46.0 Å². The first-order valence-corrected chi connectivity index (χ1v) is 9.25. The van der Waals surface area contributed by atoms with Crippen molar-refractivity contribution in [3.8, 4) is 0 Å². The summed E-state index contributed by atoms with van der Waals surface area (Å²) in [6.07, 6.45) is 5.40. The standard InChI is InChI=1S/C19H21N5O3/c25-16-6-1-5-15-13(16)10-14(19(27)22-15)18(26)20-11-12-4-3-9-24(12)17-7-2-8-21-23-17/h2,7-8,10,12H,1,3-6,9,11H2,(H,20,26)(H,22,27). The van der Waals surface area contributed by atoms with E-state index >= 15 is 0 Å². The number of anilines is 1. The van der Waals surface area contributed by atoms with Gasteiger partial charge < -0.3 is 15.2 Å². The number of aryl methyl sites for hydroxylation is 1. The highest BCUT2D eigenvalue weighted by atomic mass is 16.2. The number of H-pyrrole nitrogens is 1. The number of Topliss-reactive ketones (excluding diaryl/α,β-unsaturated/α-hetero) is 1. The molecule has 0 spiro atoms. The third kappa shape index (κ3) is 3.47. The Morgan fingerprint density at radius 3 is 3.00 bits per heavy atom. The Kier molecular flexibility index (Phi) is 4.70. The second-order valence-electron chi connectivity index (χ2n) is 6.96. The summed E-state index contributed by atoms with van der Waals surface area (Å²) in [4.78, 5) is 41.7. The maximum atomic E-state index is 12.6. The van der Waals surface area contributed by atoms with Crippen LogP contribution in [0.1, 0.15) is 52.1 Å². The summed E-state index contributed by atoms with van der Waals surface area (Å²) in [6.45, 7) is 1.26. The summed E-state index contributed by atoms with van der Waals surface area (Å²) in [5.74, 6) is 0.307. The van der Waals surface area contributed by atoms with E-state index in [1.807, 2.05) is 12.1 Å². The van der Waals surface area contributed by atoms with Gasteiger partial charge >= 0.3 is 0 Å². The molecule has 2 N–H and O–H groups in total. The number of ketones is 1. The average molecular weight is 367 g/mol. The molecule has 1 amide bonds. The molecule has 140 valence electrons. The first-order chi connectivity index (χ1) is 13.1. The second-order valence-corrected chi connectivity index (χ2v) is 6.96. The molecule has 1 aliphatic heterocycles. The van der Waals surface area contributed by atoms with Crippen LogP contribution in [0.5, 0.6) is 0 Å². The molecule has 3 heterocycles. The number of aromatic amines is 1. The lowest BCUT2D eigenvalue weighted by Crippen LogP contribution is -2.42. The monoisotopic (exact) mass is 367 g/mol. The van der Waals surface area contributed by atoms with Crippen LogP contribution in [0.15, 0.2) is 29.2 Å². The quantitative estimate of drug-likeness (QED) is 0.837. The van der Waals surface area contributed by atoms with Crippen LogP contribution in [0, 0.1) is 0 Å². The van der Waals surface area contributed by atoms with Gasteiger partial charge in [0.1, 0.15) is 5.56 Å². The van der Waals surface area contributed by atoms with Crippen LogP contribution >= 0.6 is 0 Å². The summed E-state index contributed by atoms with van der Waals surface area (Å²) in [5, 5.41) is 10.9. The zero-order valence-electron chi connectivity index (χ0n) is 14.9. The van der Waals surface area contributed by atoms with Crippen LogP contribution in [0.2, 0.25) is 0 Å². The zero-order chi connectivity index (χ0) is 18.8. The van der Waals surface area contributed by atoms with Crippen molar-refractivity contribution < 1.29 is 9.59 Å². The molecule has 8 heteroatoms. The Morgan fingerprint density at radius 2 is 2.19 bits per heavy atom. The van der Waals surface area contributed by atoms with Gasteiger partial charge in [0.2, 0.25) is 0 Å². The van der Waals surface area contributed by atoms with Crippen molar-refractivity contribution in [1.29, 1.82) is 0 Å². The molecule has 0 radical (unpaired) electrons. The minimum absolute atomic E-state index is 0.00644. The Hall–Kier alpha value is -3.03. The van der Waals surface area contributed by atoms with Crippen LogP contribution in [-0.2, 0) is 6.42 Å². The van der Waals surface area contributed by atoms with Gasteiger partial charge in [0.05, 0.1) is 0 Å². The van der Waals surface area contributed by atoms with E-state index < -0.39 is 11.5 Å². The number of rotatable bonds is 4. The molecule has 2 aromatic heterocycles. The fraction of sp³-hybridized carbons (Fsp3) is 0.421. The molecule has 2 aromatic rings. The Morgan fingerprint density at radius 1 is 1.30 bits per heavy atom. The van der Waals surface area contributed by atoms with E-state index in [2.05, 4.69) is 25.4 Å². The molecule has 27 heavy (non-hydrogen) atoms. The van der Waals surface area contributed by atoms with Gasteiger partial charge in [0.25, 0.3) is 11.5 Å². The normalized spacial score (nSPS) is 19.0. The number of amides is 1. The number of carbonyl (C=O) groups excluding carboxylic acids is 2. The van der Waals surface area contributed by atoms with E-state index in [0.717, 1.165) is 31.6 Å². The van der Waals surface area contributed by atoms with E-state index in [4.69, 9.17) is 0 Å². The molecular formula is C19H21N5O3. The van der Waals surface area contributed by atoms with Crippen molar-refractivity contribution in [1.82, 2.24) is 20.5 Å². The van der Waals surface area contributed by atoms with Crippen molar-refractivity contribution in [3.63, 3.8) is 0 Å². The summed E-state index contributed by atoms with van der Waals surface area (Å²) < 4.78 is 0. The van der Waals surface area contributed by atoms with Gasteiger partial charge in [0.15, 0.2) is 11.6 Å². The first-order valence-electron chi connectivity index (χ1n) is 9.25. The van der Waals surface area contributed by atoms with Gasteiger partial charge in [-0.1, -0.05) is 0 Å². The van der Waals surface area contributed by atoms with Crippen LogP contribution in [0.4, 0.5) is 5.82 Å². The summed E-state index contributed by atoms with van der Waals surface area (Å²) in [7, 11) is 0. The Bertz CT molecular complexity index is 925. The maximum absolute atomic E-state index is 12.6. The molecule has 2 aliphatic rings.